The van der Waals surface area contributed by atoms with Crippen molar-refractivity contribution in [1.29, 1.82) is 0 Å². The van der Waals surface area contributed by atoms with E-state index >= 15 is 0 Å². The van der Waals surface area contributed by atoms with E-state index in [1.165, 1.54) is 0 Å². The second-order valence-electron chi connectivity index (χ2n) is 6.28. The third-order valence-electron chi connectivity index (χ3n) is 4.30. The van der Waals surface area contributed by atoms with E-state index in [1.807, 2.05) is 6.92 Å². The van der Waals surface area contributed by atoms with Gasteiger partial charge in [0.15, 0.2) is 12.0 Å². The lowest BCUT2D eigenvalue weighted by Crippen LogP contribution is -2.33. The zero-order valence-electron chi connectivity index (χ0n) is 14.5. The molecule has 3 rings (SSSR count). The van der Waals surface area contributed by atoms with Crippen LogP contribution >= 0.6 is 0 Å². The van der Waals surface area contributed by atoms with Crippen LogP contribution in [0.15, 0.2) is 6.07 Å². The van der Waals surface area contributed by atoms with Crippen LogP contribution in [-0.4, -0.2) is 47.5 Å². The van der Waals surface area contributed by atoms with Gasteiger partial charge in [-0.2, -0.15) is 0 Å². The Kier molecular flexibility index (Phi) is 5.40. The topological polar surface area (TPSA) is 71.8 Å². The lowest BCUT2D eigenvalue weighted by molar-refractivity contribution is -0.200. The fraction of sp³-hybridized carbons (Fsp3) is 0.765. The summed E-state index contributed by atoms with van der Waals surface area (Å²) in [5.74, 6) is 0.0472. The van der Waals surface area contributed by atoms with Crippen LogP contribution in [0.25, 0.3) is 0 Å². The molecule has 1 atom stereocenters. The van der Waals surface area contributed by atoms with Crippen LogP contribution in [0.3, 0.4) is 0 Å². The van der Waals surface area contributed by atoms with Crippen molar-refractivity contribution in [2.75, 3.05) is 19.8 Å². The number of hydrogen-bond donors (Lipinski definition) is 0. The van der Waals surface area contributed by atoms with Gasteiger partial charge in [-0.15, -0.1) is 5.10 Å². The molecule has 1 saturated heterocycles. The minimum absolute atomic E-state index is 0.144. The molecule has 1 aromatic heterocycles. The average molecular weight is 338 g/mol. The lowest BCUT2D eigenvalue weighted by Gasteiger charge is -2.28. The van der Waals surface area contributed by atoms with Gasteiger partial charge in [0.2, 0.25) is 5.88 Å². The SMILES string of the molecule is CCOC(=O)c1cc(OCC)nn1CC1(OC2CCCCO2)CC1. The summed E-state index contributed by atoms with van der Waals surface area (Å²) in [7, 11) is 0. The summed E-state index contributed by atoms with van der Waals surface area (Å²) >= 11 is 0. The van der Waals surface area contributed by atoms with Crippen molar-refractivity contribution in [3.8, 4) is 5.88 Å². The van der Waals surface area contributed by atoms with E-state index in [0.717, 1.165) is 38.7 Å². The second-order valence-corrected chi connectivity index (χ2v) is 6.28. The van der Waals surface area contributed by atoms with Crippen LogP contribution in [0.5, 0.6) is 5.88 Å². The van der Waals surface area contributed by atoms with Crippen molar-refractivity contribution >= 4 is 5.97 Å². The molecule has 7 nitrogen and oxygen atoms in total. The number of aromatic nitrogens is 2. The number of ether oxygens (including phenoxy) is 4. The first kappa shape index (κ1) is 17.2. The van der Waals surface area contributed by atoms with Gasteiger partial charge >= 0.3 is 5.97 Å². The van der Waals surface area contributed by atoms with Crippen LogP contribution < -0.4 is 4.74 Å². The van der Waals surface area contributed by atoms with Crippen molar-refractivity contribution in [2.45, 2.75) is 64.4 Å². The summed E-state index contributed by atoms with van der Waals surface area (Å²) in [6.45, 7) is 5.75. The molecule has 0 aromatic carbocycles. The van der Waals surface area contributed by atoms with Gasteiger partial charge in [-0.1, -0.05) is 0 Å². The highest BCUT2D eigenvalue weighted by molar-refractivity contribution is 5.87. The molecule has 2 aliphatic rings. The van der Waals surface area contributed by atoms with E-state index in [-0.39, 0.29) is 17.9 Å². The maximum Gasteiger partial charge on any atom is 0.356 e. The molecule has 24 heavy (non-hydrogen) atoms. The van der Waals surface area contributed by atoms with Crippen LogP contribution in [0.1, 0.15) is 56.4 Å². The first-order chi connectivity index (χ1) is 11.7. The van der Waals surface area contributed by atoms with Crippen molar-refractivity contribution in [2.24, 2.45) is 0 Å². The zero-order valence-corrected chi connectivity index (χ0v) is 14.5. The Balaban J connectivity index is 1.71. The largest absolute Gasteiger partial charge is 0.477 e. The monoisotopic (exact) mass is 338 g/mol. The zero-order chi connectivity index (χ0) is 17.0. The molecule has 7 heteroatoms. The number of carbonyl (C=O) groups is 1. The summed E-state index contributed by atoms with van der Waals surface area (Å²) in [4.78, 5) is 12.2. The fourth-order valence-corrected chi connectivity index (χ4v) is 2.91. The quantitative estimate of drug-likeness (QED) is 0.678. The van der Waals surface area contributed by atoms with Crippen molar-refractivity contribution in [3.63, 3.8) is 0 Å². The van der Waals surface area contributed by atoms with Crippen LogP contribution in [-0.2, 0) is 20.8 Å². The molecule has 0 spiro atoms. The summed E-state index contributed by atoms with van der Waals surface area (Å²) in [6, 6.07) is 1.63. The number of nitrogens with zero attached hydrogens (tertiary/aromatic N) is 2. The van der Waals surface area contributed by atoms with Crippen LogP contribution in [0.2, 0.25) is 0 Å². The van der Waals surface area contributed by atoms with Gasteiger partial charge in [-0.25, -0.2) is 4.79 Å². The van der Waals surface area contributed by atoms with Crippen molar-refractivity contribution < 1.29 is 23.7 Å². The smallest absolute Gasteiger partial charge is 0.356 e. The first-order valence-corrected chi connectivity index (χ1v) is 8.83. The minimum atomic E-state index is -0.388. The first-order valence-electron chi connectivity index (χ1n) is 8.83. The van der Waals surface area contributed by atoms with E-state index in [9.17, 15) is 4.79 Å². The maximum absolute atomic E-state index is 12.2. The van der Waals surface area contributed by atoms with Gasteiger partial charge in [0.25, 0.3) is 0 Å². The molecule has 134 valence electrons. The van der Waals surface area contributed by atoms with E-state index in [2.05, 4.69) is 5.10 Å². The normalized spacial score (nSPS) is 22.2. The highest BCUT2D eigenvalue weighted by atomic mass is 16.7. The molecule has 1 aliphatic carbocycles. The van der Waals surface area contributed by atoms with Gasteiger partial charge in [-0.05, 0) is 46.0 Å². The molecule has 1 aromatic rings. The molecule has 2 heterocycles. The Labute approximate surface area is 142 Å². The molecule has 1 saturated carbocycles. The van der Waals surface area contributed by atoms with E-state index in [1.54, 1.807) is 17.7 Å². The van der Waals surface area contributed by atoms with E-state index in [4.69, 9.17) is 18.9 Å². The van der Waals surface area contributed by atoms with Crippen LogP contribution in [0.4, 0.5) is 0 Å². The van der Waals surface area contributed by atoms with Gasteiger partial charge in [0, 0.05) is 12.7 Å². The Morgan fingerprint density at radius 1 is 1.38 bits per heavy atom. The molecular weight excluding hydrogens is 312 g/mol. The number of esters is 1. The van der Waals surface area contributed by atoms with Gasteiger partial charge in [-0.3, -0.25) is 4.68 Å². The summed E-state index contributed by atoms with van der Waals surface area (Å²) in [6.07, 6.45) is 4.89. The molecule has 1 unspecified atom stereocenters. The third kappa shape index (κ3) is 4.08. The Morgan fingerprint density at radius 3 is 2.83 bits per heavy atom. The number of carbonyl (C=O) groups excluding carboxylic acids is 1. The Morgan fingerprint density at radius 2 is 2.21 bits per heavy atom. The molecule has 2 fully saturated rings. The molecule has 0 bridgehead atoms. The van der Waals surface area contributed by atoms with Crippen molar-refractivity contribution in [1.82, 2.24) is 9.78 Å². The van der Waals surface area contributed by atoms with Crippen LogP contribution in [0, 0.1) is 0 Å². The lowest BCUT2D eigenvalue weighted by atomic mass is 10.2. The molecular formula is C17H26N2O5. The Bertz CT molecular complexity index is 561. The van der Waals surface area contributed by atoms with Gasteiger partial charge in [0.05, 0.1) is 25.4 Å². The molecule has 0 amide bonds. The number of rotatable bonds is 8. The van der Waals surface area contributed by atoms with E-state index < -0.39 is 0 Å². The highest BCUT2D eigenvalue weighted by Gasteiger charge is 2.47. The van der Waals surface area contributed by atoms with Crippen molar-refractivity contribution in [3.05, 3.63) is 11.8 Å². The molecule has 0 N–H and O–H groups in total. The summed E-state index contributed by atoms with van der Waals surface area (Å²) in [5, 5.41) is 4.39. The molecule has 1 aliphatic heterocycles. The minimum Gasteiger partial charge on any atom is -0.477 e. The van der Waals surface area contributed by atoms with Gasteiger partial charge < -0.3 is 18.9 Å². The standard InChI is InChI=1S/C17H26N2O5/c1-3-21-14-11-13(16(20)22-4-2)19(18-14)12-17(8-9-17)24-15-7-5-6-10-23-15/h11,15H,3-10,12H2,1-2H3. The maximum atomic E-state index is 12.2. The average Bonchev–Trinajstić information content (AvgIpc) is 3.20. The fourth-order valence-electron chi connectivity index (χ4n) is 2.91. The second kappa shape index (κ2) is 7.53. The highest BCUT2D eigenvalue weighted by Crippen LogP contribution is 2.43. The summed E-state index contributed by atoms with van der Waals surface area (Å²) in [5.41, 5.74) is 0.110. The third-order valence-corrected chi connectivity index (χ3v) is 4.30. The summed E-state index contributed by atoms with van der Waals surface area (Å²) < 4.78 is 24.1. The predicted octanol–water partition coefficient (Wildman–Crippen LogP) is 2.53. The number of hydrogen-bond acceptors (Lipinski definition) is 6. The van der Waals surface area contributed by atoms with E-state index in [0.29, 0.717) is 31.3 Å². The predicted molar refractivity (Wildman–Crippen MR) is 86.0 cm³/mol. The molecule has 0 radical (unpaired) electrons. The van der Waals surface area contributed by atoms with Gasteiger partial charge in [0.1, 0.15) is 0 Å². The Hall–Kier alpha value is -1.60.